The number of aromatic nitrogens is 1. The monoisotopic (exact) mass is 518 g/mol. The Morgan fingerprint density at radius 3 is 2.61 bits per heavy atom. The van der Waals surface area contributed by atoms with Crippen molar-refractivity contribution in [3.63, 3.8) is 0 Å². The molecule has 3 heterocycles. The molecule has 1 aromatic heterocycles. The molecule has 1 fully saturated rings. The van der Waals surface area contributed by atoms with E-state index in [2.05, 4.69) is 27.7 Å². The number of hydrogen-bond acceptors (Lipinski definition) is 6. The van der Waals surface area contributed by atoms with Crippen LogP contribution in [0.4, 0.5) is 4.79 Å². The van der Waals surface area contributed by atoms with E-state index in [9.17, 15) is 14.7 Å². The molecule has 38 heavy (non-hydrogen) atoms. The summed E-state index contributed by atoms with van der Waals surface area (Å²) in [7, 11) is 0. The zero-order chi connectivity index (χ0) is 26.9. The number of piperidine rings is 1. The summed E-state index contributed by atoms with van der Waals surface area (Å²) in [5, 5.41) is 16.3. The Bertz CT molecular complexity index is 1350. The number of aliphatic hydroxyl groups excluding tert-OH is 1. The number of nitrogens with zero attached hydrogens (tertiary/aromatic N) is 2. The maximum Gasteiger partial charge on any atom is 0.419 e. The standard InChI is InChI=1S/C30H38N4O4/c1-30(2,3)38-29(37)34-25-8-7-20(19-33-10-5-4-6-11-33)13-22(25)16-26(34)24-15-21(17-31-9-12-35)14-23-18-32-28(36)27(23)24/h7-8,13-16,31,35H,4-6,9-12,17-19H2,1-3H3,(H,32,36). The number of rotatable bonds is 7. The van der Waals surface area contributed by atoms with E-state index in [0.29, 0.717) is 36.5 Å². The van der Waals surface area contributed by atoms with Gasteiger partial charge >= 0.3 is 6.09 Å². The van der Waals surface area contributed by atoms with Gasteiger partial charge in [0.15, 0.2) is 0 Å². The summed E-state index contributed by atoms with van der Waals surface area (Å²) in [6, 6.07) is 12.2. The van der Waals surface area contributed by atoms with Crippen molar-refractivity contribution in [1.82, 2.24) is 20.1 Å². The fraction of sp³-hybridized carbons (Fsp3) is 0.467. The van der Waals surface area contributed by atoms with Gasteiger partial charge in [-0.3, -0.25) is 9.69 Å². The molecule has 1 saturated heterocycles. The zero-order valence-electron chi connectivity index (χ0n) is 22.6. The molecule has 3 N–H and O–H groups in total. The first kappa shape index (κ1) is 26.4. The van der Waals surface area contributed by atoms with Gasteiger partial charge in [0.05, 0.1) is 23.4 Å². The number of nitrogens with one attached hydrogen (secondary N) is 2. The van der Waals surface area contributed by atoms with Crippen molar-refractivity contribution in [3.8, 4) is 11.3 Å². The lowest BCUT2D eigenvalue weighted by Gasteiger charge is -2.26. The molecule has 0 atom stereocenters. The Kier molecular flexibility index (Phi) is 7.56. The molecule has 202 valence electrons. The molecule has 0 spiro atoms. The van der Waals surface area contributed by atoms with Crippen LogP contribution in [0.3, 0.4) is 0 Å². The van der Waals surface area contributed by atoms with E-state index in [-0.39, 0.29) is 12.5 Å². The van der Waals surface area contributed by atoms with Crippen LogP contribution in [0, 0.1) is 0 Å². The lowest BCUT2D eigenvalue weighted by Crippen LogP contribution is -2.29. The van der Waals surface area contributed by atoms with E-state index in [1.54, 1.807) is 4.57 Å². The highest BCUT2D eigenvalue weighted by atomic mass is 16.6. The summed E-state index contributed by atoms with van der Waals surface area (Å²) < 4.78 is 7.44. The van der Waals surface area contributed by atoms with Crippen molar-refractivity contribution in [3.05, 3.63) is 58.7 Å². The third-order valence-corrected chi connectivity index (χ3v) is 7.14. The Hall–Kier alpha value is -3.20. The number of aliphatic hydroxyl groups is 1. The molecule has 1 amide bonds. The first-order valence-corrected chi connectivity index (χ1v) is 13.6. The van der Waals surface area contributed by atoms with Gasteiger partial charge in [-0.25, -0.2) is 9.36 Å². The molecule has 2 aliphatic heterocycles. The first-order valence-electron chi connectivity index (χ1n) is 13.6. The average molecular weight is 519 g/mol. The maximum atomic E-state index is 13.6. The highest BCUT2D eigenvalue weighted by Crippen LogP contribution is 2.36. The zero-order valence-corrected chi connectivity index (χ0v) is 22.6. The lowest BCUT2D eigenvalue weighted by molar-refractivity contribution is 0.0547. The fourth-order valence-electron chi connectivity index (χ4n) is 5.50. The Morgan fingerprint density at radius 2 is 1.87 bits per heavy atom. The Morgan fingerprint density at radius 1 is 1.08 bits per heavy atom. The van der Waals surface area contributed by atoms with Crippen LogP contribution in [-0.2, 0) is 24.4 Å². The molecule has 0 aliphatic carbocycles. The molecular weight excluding hydrogens is 480 g/mol. The molecule has 3 aromatic rings. The third-order valence-electron chi connectivity index (χ3n) is 7.14. The third kappa shape index (κ3) is 5.62. The topological polar surface area (TPSA) is 95.8 Å². The van der Waals surface area contributed by atoms with E-state index < -0.39 is 11.7 Å². The molecule has 5 rings (SSSR count). The van der Waals surface area contributed by atoms with Gasteiger partial charge in [0.25, 0.3) is 5.91 Å². The Labute approximate surface area is 224 Å². The molecule has 8 nitrogen and oxygen atoms in total. The quantitative estimate of drug-likeness (QED) is 0.401. The number of ether oxygens (including phenoxy) is 1. The van der Waals surface area contributed by atoms with Crippen molar-refractivity contribution in [2.75, 3.05) is 26.2 Å². The van der Waals surface area contributed by atoms with Gasteiger partial charge in [0.2, 0.25) is 0 Å². The van der Waals surface area contributed by atoms with Crippen LogP contribution >= 0.6 is 0 Å². The summed E-state index contributed by atoms with van der Waals surface area (Å²) in [4.78, 5) is 29.0. The minimum atomic E-state index is -0.672. The molecule has 2 aromatic carbocycles. The largest absolute Gasteiger partial charge is 0.443 e. The number of hydrogen-bond donors (Lipinski definition) is 3. The molecule has 0 radical (unpaired) electrons. The SMILES string of the molecule is CC(C)(C)OC(=O)n1c(-c2cc(CNCCO)cc3c2C(=O)NC3)cc2cc(CN3CCCCC3)ccc21. The number of carbonyl (C=O) groups excluding carboxylic acids is 2. The molecular formula is C30H38N4O4. The predicted octanol–water partition coefficient (Wildman–Crippen LogP) is 4.40. The van der Waals surface area contributed by atoms with Crippen molar-refractivity contribution >= 4 is 22.9 Å². The fourth-order valence-corrected chi connectivity index (χ4v) is 5.50. The summed E-state index contributed by atoms with van der Waals surface area (Å²) in [5.74, 6) is -0.142. The van der Waals surface area contributed by atoms with Crippen molar-refractivity contribution in [2.24, 2.45) is 0 Å². The summed E-state index contributed by atoms with van der Waals surface area (Å²) in [5.41, 5.74) is 5.12. The van der Waals surface area contributed by atoms with Crippen LogP contribution in [0.5, 0.6) is 0 Å². The smallest absolute Gasteiger partial charge is 0.419 e. The number of carbonyl (C=O) groups is 2. The molecule has 0 bridgehead atoms. The van der Waals surface area contributed by atoms with E-state index in [1.807, 2.05) is 45.0 Å². The van der Waals surface area contributed by atoms with Crippen LogP contribution in [0.2, 0.25) is 0 Å². The highest BCUT2D eigenvalue weighted by Gasteiger charge is 2.29. The van der Waals surface area contributed by atoms with Gasteiger partial charge in [0, 0.05) is 37.1 Å². The average Bonchev–Trinajstić information content (AvgIpc) is 3.44. The van der Waals surface area contributed by atoms with Crippen molar-refractivity contribution in [1.29, 1.82) is 0 Å². The van der Waals surface area contributed by atoms with Gasteiger partial charge in [-0.15, -0.1) is 0 Å². The molecule has 0 saturated carbocycles. The van der Waals surface area contributed by atoms with Crippen LogP contribution in [0.25, 0.3) is 22.2 Å². The second-order valence-corrected chi connectivity index (χ2v) is 11.3. The van der Waals surface area contributed by atoms with Gasteiger partial charge in [-0.05, 0) is 87.7 Å². The Balaban J connectivity index is 1.63. The number of amides is 1. The van der Waals surface area contributed by atoms with Crippen LogP contribution in [0.15, 0.2) is 36.4 Å². The normalized spacial score (nSPS) is 16.1. The molecule has 2 aliphatic rings. The van der Waals surface area contributed by atoms with E-state index >= 15 is 0 Å². The lowest BCUT2D eigenvalue weighted by atomic mass is 9.96. The summed E-state index contributed by atoms with van der Waals surface area (Å²) in [6.45, 7) is 10.2. The predicted molar refractivity (Wildman–Crippen MR) is 148 cm³/mol. The number of fused-ring (bicyclic) bond motifs is 2. The molecule has 8 heteroatoms. The van der Waals surface area contributed by atoms with E-state index in [0.717, 1.165) is 41.7 Å². The summed E-state index contributed by atoms with van der Waals surface area (Å²) in [6.07, 6.45) is 3.29. The van der Waals surface area contributed by atoms with Crippen molar-refractivity contribution in [2.45, 2.75) is 65.3 Å². The highest BCUT2D eigenvalue weighted by molar-refractivity contribution is 6.07. The van der Waals surface area contributed by atoms with Crippen LogP contribution in [0.1, 0.15) is 67.1 Å². The minimum Gasteiger partial charge on any atom is -0.443 e. The first-order chi connectivity index (χ1) is 18.2. The number of benzene rings is 2. The molecule has 0 unspecified atom stereocenters. The van der Waals surface area contributed by atoms with Crippen LogP contribution < -0.4 is 10.6 Å². The maximum absolute atomic E-state index is 13.6. The second-order valence-electron chi connectivity index (χ2n) is 11.3. The van der Waals surface area contributed by atoms with Gasteiger partial charge in [-0.1, -0.05) is 18.6 Å². The minimum absolute atomic E-state index is 0.0461. The van der Waals surface area contributed by atoms with Gasteiger partial charge < -0.3 is 20.5 Å². The van der Waals surface area contributed by atoms with Gasteiger partial charge in [0.1, 0.15) is 5.60 Å². The number of likely N-dealkylation sites (tertiary alicyclic amines) is 1. The van der Waals surface area contributed by atoms with Crippen molar-refractivity contribution < 1.29 is 19.4 Å². The van der Waals surface area contributed by atoms with Crippen LogP contribution in [-0.4, -0.2) is 58.4 Å². The van der Waals surface area contributed by atoms with E-state index in [4.69, 9.17) is 4.74 Å². The van der Waals surface area contributed by atoms with Gasteiger partial charge in [-0.2, -0.15) is 0 Å². The second kappa shape index (κ2) is 10.9. The summed E-state index contributed by atoms with van der Waals surface area (Å²) >= 11 is 0. The van der Waals surface area contributed by atoms with E-state index in [1.165, 1.54) is 24.8 Å².